The molecule has 6 heteroatoms. The van der Waals surface area contributed by atoms with Crippen LogP contribution in [0.15, 0.2) is 12.4 Å². The van der Waals surface area contributed by atoms with Gasteiger partial charge in [-0.15, -0.1) is 10.2 Å². The van der Waals surface area contributed by atoms with E-state index in [4.69, 9.17) is 9.72 Å². The SMILES string of the molecule is CC1(C)CN(c2nccn3c(C4CC4)nnc23)CC2(CCCC2)O1. The van der Waals surface area contributed by atoms with Gasteiger partial charge in [0, 0.05) is 31.4 Å². The van der Waals surface area contributed by atoms with Gasteiger partial charge in [0.15, 0.2) is 5.82 Å². The zero-order valence-corrected chi connectivity index (χ0v) is 14.5. The van der Waals surface area contributed by atoms with Crippen molar-refractivity contribution in [2.45, 2.75) is 69.5 Å². The Labute approximate surface area is 142 Å². The Morgan fingerprint density at radius 1 is 1.12 bits per heavy atom. The van der Waals surface area contributed by atoms with Gasteiger partial charge in [-0.3, -0.25) is 4.40 Å². The van der Waals surface area contributed by atoms with E-state index in [9.17, 15) is 0 Å². The molecule has 0 bridgehead atoms. The quantitative estimate of drug-likeness (QED) is 0.849. The van der Waals surface area contributed by atoms with Crippen molar-refractivity contribution in [1.82, 2.24) is 19.6 Å². The van der Waals surface area contributed by atoms with Gasteiger partial charge in [0.2, 0.25) is 5.65 Å². The molecule has 5 rings (SSSR count). The number of fused-ring (bicyclic) bond motifs is 1. The third-order valence-electron chi connectivity index (χ3n) is 5.64. The van der Waals surface area contributed by atoms with E-state index >= 15 is 0 Å². The molecule has 2 saturated carbocycles. The molecule has 3 heterocycles. The van der Waals surface area contributed by atoms with Crippen molar-refractivity contribution in [3.63, 3.8) is 0 Å². The van der Waals surface area contributed by atoms with Crippen LogP contribution in [-0.2, 0) is 4.74 Å². The highest BCUT2D eigenvalue weighted by Crippen LogP contribution is 2.43. The van der Waals surface area contributed by atoms with Crippen molar-refractivity contribution in [2.24, 2.45) is 0 Å². The molecule has 0 unspecified atom stereocenters. The van der Waals surface area contributed by atoms with Crippen molar-refractivity contribution in [1.29, 1.82) is 0 Å². The lowest BCUT2D eigenvalue weighted by Gasteiger charge is -2.49. The molecule has 0 amide bonds. The van der Waals surface area contributed by atoms with Crippen LogP contribution in [0.25, 0.3) is 5.65 Å². The highest BCUT2D eigenvalue weighted by molar-refractivity contribution is 5.64. The molecular weight excluding hydrogens is 302 g/mol. The summed E-state index contributed by atoms with van der Waals surface area (Å²) in [6.45, 7) is 6.14. The first-order valence-corrected chi connectivity index (χ1v) is 9.20. The lowest BCUT2D eigenvalue weighted by atomic mass is 9.94. The average molecular weight is 327 g/mol. The molecule has 24 heavy (non-hydrogen) atoms. The van der Waals surface area contributed by atoms with Crippen LogP contribution in [0.1, 0.15) is 64.1 Å². The monoisotopic (exact) mass is 327 g/mol. The standard InChI is InChI=1S/C18H25N5O/c1-17(2)11-22(12-18(24-17)7-3-4-8-18)15-16-21-20-14(13-5-6-13)23(16)10-9-19-15/h9-10,13H,3-8,11-12H2,1-2H3. The van der Waals surface area contributed by atoms with E-state index in [1.165, 1.54) is 25.7 Å². The zero-order chi connectivity index (χ0) is 16.4. The number of rotatable bonds is 2. The van der Waals surface area contributed by atoms with E-state index in [2.05, 4.69) is 33.3 Å². The van der Waals surface area contributed by atoms with Gasteiger partial charge in [0.1, 0.15) is 5.82 Å². The molecule has 1 saturated heterocycles. The van der Waals surface area contributed by atoms with E-state index < -0.39 is 0 Å². The topological polar surface area (TPSA) is 55.6 Å². The normalized spacial score (nSPS) is 25.7. The fourth-order valence-corrected chi connectivity index (χ4v) is 4.62. The predicted molar refractivity (Wildman–Crippen MR) is 91.3 cm³/mol. The summed E-state index contributed by atoms with van der Waals surface area (Å²) in [4.78, 5) is 7.08. The number of anilines is 1. The van der Waals surface area contributed by atoms with Gasteiger partial charge in [-0.25, -0.2) is 4.98 Å². The van der Waals surface area contributed by atoms with Gasteiger partial charge in [-0.2, -0.15) is 0 Å². The minimum atomic E-state index is -0.170. The summed E-state index contributed by atoms with van der Waals surface area (Å²) in [5.41, 5.74) is 0.705. The van der Waals surface area contributed by atoms with Crippen LogP contribution in [0.3, 0.4) is 0 Å². The van der Waals surface area contributed by atoms with Crippen LogP contribution in [-0.4, -0.2) is 43.9 Å². The smallest absolute Gasteiger partial charge is 0.203 e. The molecule has 0 atom stereocenters. The molecule has 6 nitrogen and oxygen atoms in total. The van der Waals surface area contributed by atoms with E-state index in [0.717, 1.165) is 43.2 Å². The van der Waals surface area contributed by atoms with Crippen molar-refractivity contribution in [2.75, 3.05) is 18.0 Å². The maximum atomic E-state index is 6.53. The van der Waals surface area contributed by atoms with Gasteiger partial charge >= 0.3 is 0 Å². The van der Waals surface area contributed by atoms with E-state index in [1.54, 1.807) is 0 Å². The van der Waals surface area contributed by atoms with Crippen LogP contribution >= 0.6 is 0 Å². The number of hydrogen-bond acceptors (Lipinski definition) is 5. The maximum absolute atomic E-state index is 6.53. The summed E-state index contributed by atoms with van der Waals surface area (Å²) in [6, 6.07) is 0. The molecule has 0 N–H and O–H groups in total. The Kier molecular flexibility index (Phi) is 2.99. The van der Waals surface area contributed by atoms with Crippen molar-refractivity contribution in [3.8, 4) is 0 Å². The molecule has 3 fully saturated rings. The van der Waals surface area contributed by atoms with Gasteiger partial charge in [0.05, 0.1) is 11.2 Å². The number of hydrogen-bond donors (Lipinski definition) is 0. The molecule has 3 aliphatic rings. The second kappa shape index (κ2) is 4.91. The average Bonchev–Trinajstić information content (AvgIpc) is 3.13. The summed E-state index contributed by atoms with van der Waals surface area (Å²) < 4.78 is 8.67. The molecule has 1 aliphatic heterocycles. The van der Waals surface area contributed by atoms with E-state index in [1.807, 2.05) is 12.4 Å². The Morgan fingerprint density at radius 3 is 2.67 bits per heavy atom. The first-order valence-electron chi connectivity index (χ1n) is 9.20. The number of aromatic nitrogens is 4. The summed E-state index contributed by atoms with van der Waals surface area (Å²) in [7, 11) is 0. The maximum Gasteiger partial charge on any atom is 0.203 e. The highest BCUT2D eigenvalue weighted by atomic mass is 16.5. The van der Waals surface area contributed by atoms with Gasteiger partial charge in [-0.1, -0.05) is 12.8 Å². The minimum absolute atomic E-state index is 0.0182. The first-order chi connectivity index (χ1) is 11.6. The van der Waals surface area contributed by atoms with Crippen molar-refractivity contribution in [3.05, 3.63) is 18.2 Å². The summed E-state index contributed by atoms with van der Waals surface area (Å²) >= 11 is 0. The van der Waals surface area contributed by atoms with Crippen molar-refractivity contribution >= 4 is 11.5 Å². The van der Waals surface area contributed by atoms with E-state index in [-0.39, 0.29) is 11.2 Å². The van der Waals surface area contributed by atoms with Crippen LogP contribution in [0.2, 0.25) is 0 Å². The third kappa shape index (κ3) is 2.31. The number of morpholine rings is 1. The fraction of sp³-hybridized carbons (Fsp3) is 0.722. The second-order valence-corrected chi connectivity index (χ2v) is 8.38. The second-order valence-electron chi connectivity index (χ2n) is 8.38. The Bertz CT molecular complexity index is 773. The zero-order valence-electron chi connectivity index (χ0n) is 14.5. The molecule has 2 aromatic heterocycles. The molecule has 0 aromatic carbocycles. The summed E-state index contributed by atoms with van der Waals surface area (Å²) in [6.07, 6.45) is 11.2. The molecule has 128 valence electrons. The summed E-state index contributed by atoms with van der Waals surface area (Å²) in [5, 5.41) is 8.94. The summed E-state index contributed by atoms with van der Waals surface area (Å²) in [5.74, 6) is 2.63. The first kappa shape index (κ1) is 14.6. The van der Waals surface area contributed by atoms with Crippen molar-refractivity contribution < 1.29 is 4.74 Å². The van der Waals surface area contributed by atoms with Crippen LogP contribution < -0.4 is 4.90 Å². The van der Waals surface area contributed by atoms with Crippen LogP contribution in [0.5, 0.6) is 0 Å². The fourth-order valence-electron chi connectivity index (χ4n) is 4.62. The number of nitrogens with zero attached hydrogens (tertiary/aromatic N) is 5. The highest BCUT2D eigenvalue weighted by Gasteiger charge is 2.46. The predicted octanol–water partition coefficient (Wildman–Crippen LogP) is 2.93. The molecule has 0 radical (unpaired) electrons. The Balaban J connectivity index is 1.56. The lowest BCUT2D eigenvalue weighted by Crippen LogP contribution is -2.59. The van der Waals surface area contributed by atoms with Gasteiger partial charge in [-0.05, 0) is 39.5 Å². The minimum Gasteiger partial charge on any atom is -0.365 e. The Hall–Kier alpha value is -1.69. The molecular formula is C18H25N5O. The molecule has 2 aromatic rings. The molecule has 1 spiro atoms. The largest absolute Gasteiger partial charge is 0.365 e. The third-order valence-corrected chi connectivity index (χ3v) is 5.64. The van der Waals surface area contributed by atoms with Crippen LogP contribution in [0.4, 0.5) is 5.82 Å². The molecule has 2 aliphatic carbocycles. The van der Waals surface area contributed by atoms with E-state index in [0.29, 0.717) is 5.92 Å². The number of ether oxygens (including phenoxy) is 1. The van der Waals surface area contributed by atoms with Crippen LogP contribution in [0, 0.1) is 0 Å². The van der Waals surface area contributed by atoms with Gasteiger partial charge in [0.25, 0.3) is 0 Å². The van der Waals surface area contributed by atoms with Gasteiger partial charge < -0.3 is 9.64 Å². The lowest BCUT2D eigenvalue weighted by molar-refractivity contribution is -0.148. The Morgan fingerprint density at radius 2 is 1.92 bits per heavy atom.